The van der Waals surface area contributed by atoms with E-state index in [1.165, 1.54) is 0 Å². The van der Waals surface area contributed by atoms with Crippen LogP contribution in [0.4, 0.5) is 4.79 Å². The molecular weight excluding hydrogens is 292 g/mol. The number of ether oxygens (including phenoxy) is 1. The normalized spacial score (nSPS) is 18.2. The number of halogens is 1. The quantitative estimate of drug-likeness (QED) is 0.659. The van der Waals surface area contributed by atoms with Crippen molar-refractivity contribution in [2.45, 2.75) is 25.1 Å². The average molecular weight is 313 g/mol. The summed E-state index contributed by atoms with van der Waals surface area (Å²) in [6.45, 7) is 3.34. The largest absolute Gasteiger partial charge is 0.375 e. The lowest BCUT2D eigenvalue weighted by atomic mass is 10.0. The first kappa shape index (κ1) is 16.0. The second-order valence-electron chi connectivity index (χ2n) is 5.07. The zero-order valence-corrected chi connectivity index (χ0v) is 12.9. The fourth-order valence-corrected chi connectivity index (χ4v) is 2.48. The highest BCUT2D eigenvalue weighted by Gasteiger charge is 2.22. The fourth-order valence-electron chi connectivity index (χ4n) is 2.36. The van der Waals surface area contributed by atoms with Crippen LogP contribution in [0.3, 0.4) is 0 Å². The first-order valence-electron chi connectivity index (χ1n) is 6.91. The van der Waals surface area contributed by atoms with Crippen molar-refractivity contribution in [3.05, 3.63) is 34.9 Å². The zero-order valence-electron chi connectivity index (χ0n) is 12.2. The molecule has 1 aliphatic rings. The lowest BCUT2D eigenvalue weighted by molar-refractivity contribution is 0.0761. The Kier molecular flexibility index (Phi) is 5.81. The van der Waals surface area contributed by atoms with Gasteiger partial charge in [-0.25, -0.2) is 4.79 Å². The number of carbonyl (C=O) groups excluding carboxylic acids is 1. The Morgan fingerprint density at radius 1 is 1.33 bits per heavy atom. The van der Waals surface area contributed by atoms with Crippen LogP contribution >= 0.6 is 11.6 Å². The lowest BCUT2D eigenvalue weighted by Gasteiger charge is -2.25. The van der Waals surface area contributed by atoms with E-state index in [2.05, 4.69) is 21.5 Å². The van der Waals surface area contributed by atoms with Gasteiger partial charge < -0.3 is 15.4 Å². The van der Waals surface area contributed by atoms with Gasteiger partial charge in [0, 0.05) is 25.2 Å². The number of carbonyl (C=O) groups is 1. The Balaban J connectivity index is 1.91. The van der Waals surface area contributed by atoms with Crippen LogP contribution in [-0.4, -0.2) is 38.3 Å². The highest BCUT2D eigenvalue weighted by Crippen LogP contribution is 2.22. The number of amides is 2. The Labute approximate surface area is 129 Å². The molecule has 6 nitrogen and oxygen atoms in total. The number of hydrazine groups is 1. The SMILES string of the molecule is COC(c1ccc(Cl)cc1)C(C)NC(=O)NC1CNNC1. The van der Waals surface area contributed by atoms with E-state index in [1.54, 1.807) is 7.11 Å². The summed E-state index contributed by atoms with van der Waals surface area (Å²) in [5, 5.41) is 6.48. The van der Waals surface area contributed by atoms with Crippen LogP contribution in [0.15, 0.2) is 24.3 Å². The van der Waals surface area contributed by atoms with Crippen LogP contribution in [0.5, 0.6) is 0 Å². The molecule has 2 rings (SSSR count). The molecule has 1 aromatic carbocycles. The third kappa shape index (κ3) is 4.57. The minimum Gasteiger partial charge on any atom is -0.375 e. The first-order chi connectivity index (χ1) is 10.1. The van der Waals surface area contributed by atoms with Crippen LogP contribution in [0.1, 0.15) is 18.6 Å². The minimum absolute atomic E-state index is 0.0914. The summed E-state index contributed by atoms with van der Waals surface area (Å²) in [5.41, 5.74) is 6.90. The van der Waals surface area contributed by atoms with Gasteiger partial charge in [0.25, 0.3) is 0 Å². The van der Waals surface area contributed by atoms with Gasteiger partial charge in [0.15, 0.2) is 0 Å². The van der Waals surface area contributed by atoms with Crippen molar-refractivity contribution in [1.29, 1.82) is 0 Å². The summed E-state index contributed by atoms with van der Waals surface area (Å²) < 4.78 is 5.50. The molecule has 2 amide bonds. The van der Waals surface area contributed by atoms with Crippen LogP contribution in [0, 0.1) is 0 Å². The predicted molar refractivity (Wildman–Crippen MR) is 82.1 cm³/mol. The van der Waals surface area contributed by atoms with Crippen LogP contribution in [-0.2, 0) is 4.74 Å². The van der Waals surface area contributed by atoms with E-state index >= 15 is 0 Å². The van der Waals surface area contributed by atoms with E-state index in [1.807, 2.05) is 31.2 Å². The summed E-state index contributed by atoms with van der Waals surface area (Å²) in [4.78, 5) is 12.0. The molecule has 0 saturated carbocycles. The summed E-state index contributed by atoms with van der Waals surface area (Å²) in [6, 6.07) is 7.15. The Morgan fingerprint density at radius 3 is 2.52 bits per heavy atom. The maximum Gasteiger partial charge on any atom is 0.315 e. The molecule has 0 aromatic heterocycles. The first-order valence-corrected chi connectivity index (χ1v) is 7.29. The number of benzene rings is 1. The standard InChI is InChI=1S/C14H21ClN4O2/c1-9(18-14(20)19-12-7-16-17-8-12)13(21-2)10-3-5-11(15)6-4-10/h3-6,9,12-13,16-17H,7-8H2,1-2H3,(H2,18,19,20). The fraction of sp³-hybridized carbons (Fsp3) is 0.500. The van der Waals surface area contributed by atoms with Crippen molar-refractivity contribution in [1.82, 2.24) is 21.5 Å². The van der Waals surface area contributed by atoms with Crippen LogP contribution < -0.4 is 21.5 Å². The molecule has 4 N–H and O–H groups in total. The van der Waals surface area contributed by atoms with Crippen LogP contribution in [0.25, 0.3) is 0 Å². The predicted octanol–water partition coefficient (Wildman–Crippen LogP) is 1.19. The van der Waals surface area contributed by atoms with E-state index < -0.39 is 0 Å². The molecule has 1 aliphatic heterocycles. The maximum atomic E-state index is 12.0. The van der Waals surface area contributed by atoms with E-state index in [-0.39, 0.29) is 24.2 Å². The van der Waals surface area contributed by atoms with Gasteiger partial charge in [-0.2, -0.15) is 0 Å². The molecular formula is C14H21ClN4O2. The molecule has 0 bridgehead atoms. The molecule has 1 fully saturated rings. The summed E-state index contributed by atoms with van der Waals surface area (Å²) in [6.07, 6.45) is -0.229. The monoisotopic (exact) mass is 312 g/mol. The van der Waals surface area contributed by atoms with Crippen molar-refractivity contribution < 1.29 is 9.53 Å². The zero-order chi connectivity index (χ0) is 15.2. The molecule has 1 aromatic rings. The van der Waals surface area contributed by atoms with Gasteiger partial charge in [0.05, 0.1) is 12.1 Å². The number of methoxy groups -OCH3 is 1. The minimum atomic E-state index is -0.229. The molecule has 1 saturated heterocycles. The molecule has 1 heterocycles. The second kappa shape index (κ2) is 7.61. The molecule has 0 spiro atoms. The van der Waals surface area contributed by atoms with Crippen molar-refractivity contribution in [2.75, 3.05) is 20.2 Å². The van der Waals surface area contributed by atoms with E-state index in [0.29, 0.717) is 18.1 Å². The van der Waals surface area contributed by atoms with Gasteiger partial charge in [-0.3, -0.25) is 10.9 Å². The molecule has 0 aliphatic carbocycles. The van der Waals surface area contributed by atoms with Crippen LogP contribution in [0.2, 0.25) is 5.02 Å². The number of hydrogen-bond donors (Lipinski definition) is 4. The van der Waals surface area contributed by atoms with Crippen molar-refractivity contribution in [3.63, 3.8) is 0 Å². The smallest absolute Gasteiger partial charge is 0.315 e. The Hall–Kier alpha value is -1.34. The second-order valence-corrected chi connectivity index (χ2v) is 5.51. The van der Waals surface area contributed by atoms with Gasteiger partial charge in [-0.1, -0.05) is 23.7 Å². The molecule has 0 radical (unpaired) electrons. The molecule has 21 heavy (non-hydrogen) atoms. The topological polar surface area (TPSA) is 74.4 Å². The number of nitrogens with one attached hydrogen (secondary N) is 4. The maximum absolute atomic E-state index is 12.0. The van der Waals surface area contributed by atoms with Crippen molar-refractivity contribution in [2.24, 2.45) is 0 Å². The average Bonchev–Trinajstić information content (AvgIpc) is 2.94. The van der Waals surface area contributed by atoms with Gasteiger partial charge in [0.1, 0.15) is 6.10 Å². The molecule has 116 valence electrons. The Bertz CT molecular complexity index is 463. The van der Waals surface area contributed by atoms with Crippen molar-refractivity contribution in [3.8, 4) is 0 Å². The molecule has 2 unspecified atom stereocenters. The lowest BCUT2D eigenvalue weighted by Crippen LogP contribution is -2.48. The highest BCUT2D eigenvalue weighted by molar-refractivity contribution is 6.30. The number of hydrogen-bond acceptors (Lipinski definition) is 4. The Morgan fingerprint density at radius 2 is 1.95 bits per heavy atom. The summed E-state index contributed by atoms with van der Waals surface area (Å²) in [7, 11) is 1.63. The third-order valence-corrected chi connectivity index (χ3v) is 3.67. The van der Waals surface area contributed by atoms with Gasteiger partial charge in [-0.15, -0.1) is 0 Å². The van der Waals surface area contributed by atoms with Gasteiger partial charge >= 0.3 is 6.03 Å². The highest BCUT2D eigenvalue weighted by atomic mass is 35.5. The van der Waals surface area contributed by atoms with Crippen molar-refractivity contribution >= 4 is 17.6 Å². The van der Waals surface area contributed by atoms with Gasteiger partial charge in [0.2, 0.25) is 0 Å². The van der Waals surface area contributed by atoms with E-state index in [4.69, 9.17) is 16.3 Å². The summed E-state index contributed by atoms with van der Waals surface area (Å²) in [5.74, 6) is 0. The van der Waals surface area contributed by atoms with E-state index in [9.17, 15) is 4.79 Å². The number of urea groups is 1. The van der Waals surface area contributed by atoms with E-state index in [0.717, 1.165) is 5.56 Å². The molecule has 7 heteroatoms. The number of rotatable bonds is 5. The summed E-state index contributed by atoms with van der Waals surface area (Å²) >= 11 is 5.89. The van der Waals surface area contributed by atoms with Gasteiger partial charge in [-0.05, 0) is 24.6 Å². The molecule has 2 atom stereocenters. The third-order valence-electron chi connectivity index (χ3n) is 3.42.